The van der Waals surface area contributed by atoms with Crippen molar-refractivity contribution in [2.45, 2.75) is 13.8 Å². The Morgan fingerprint density at radius 2 is 1.69 bits per heavy atom. The molecule has 1 aliphatic heterocycles. The van der Waals surface area contributed by atoms with Crippen molar-refractivity contribution >= 4 is 40.3 Å². The van der Waals surface area contributed by atoms with Gasteiger partial charge in [0, 0.05) is 7.05 Å². The monoisotopic (exact) mass is 473 g/mol. The molecule has 0 spiro atoms. The van der Waals surface area contributed by atoms with E-state index in [4.69, 9.17) is 31.2 Å². The Kier molecular flexibility index (Phi) is 8.96. The molecule has 32 heavy (non-hydrogen) atoms. The number of carbonyl (C=O) groups excluding carboxylic acids is 1. The highest BCUT2D eigenvalue weighted by molar-refractivity contribution is 8.26. The number of thiocarbonyl (C=S) groups is 1. The molecular formula is C24H27NO5S2. The molecule has 2 aromatic rings. The Bertz CT molecular complexity index is 992. The molecule has 1 amide bonds. The van der Waals surface area contributed by atoms with E-state index in [0.29, 0.717) is 53.8 Å². The third kappa shape index (κ3) is 6.48. The molecule has 1 aliphatic rings. The van der Waals surface area contributed by atoms with Gasteiger partial charge in [-0.1, -0.05) is 48.2 Å². The second kappa shape index (κ2) is 11.9. The van der Waals surface area contributed by atoms with Crippen molar-refractivity contribution in [3.63, 3.8) is 0 Å². The molecule has 0 aromatic heterocycles. The molecule has 2 aromatic carbocycles. The topological polar surface area (TPSA) is 57.2 Å². The Morgan fingerprint density at radius 3 is 2.34 bits per heavy atom. The summed E-state index contributed by atoms with van der Waals surface area (Å²) in [6.07, 6.45) is 1.81. The van der Waals surface area contributed by atoms with Gasteiger partial charge in [-0.15, -0.1) is 0 Å². The van der Waals surface area contributed by atoms with Crippen LogP contribution in [0.3, 0.4) is 0 Å². The van der Waals surface area contributed by atoms with Gasteiger partial charge in [0.05, 0.1) is 24.7 Å². The van der Waals surface area contributed by atoms with Crippen molar-refractivity contribution in [1.29, 1.82) is 0 Å². The Hall–Kier alpha value is -2.55. The van der Waals surface area contributed by atoms with Crippen LogP contribution >= 0.6 is 24.0 Å². The molecule has 8 heteroatoms. The third-order valence-corrected chi connectivity index (χ3v) is 6.10. The van der Waals surface area contributed by atoms with E-state index in [-0.39, 0.29) is 5.91 Å². The molecular weight excluding hydrogens is 446 g/mol. The lowest BCUT2D eigenvalue weighted by Crippen LogP contribution is -2.22. The Labute approximate surface area is 198 Å². The van der Waals surface area contributed by atoms with Gasteiger partial charge < -0.3 is 18.9 Å². The van der Waals surface area contributed by atoms with Crippen LogP contribution in [0.25, 0.3) is 6.08 Å². The van der Waals surface area contributed by atoms with E-state index in [1.165, 1.54) is 16.7 Å². The lowest BCUT2D eigenvalue weighted by molar-refractivity contribution is -0.121. The molecule has 1 heterocycles. The van der Waals surface area contributed by atoms with E-state index in [1.54, 1.807) is 7.05 Å². The standard InChI is InChI=1S/C24H27NO5S2/c1-4-28-21-15-18(16-22-23(26)25(3)24(31)32-22)9-10-20(21)30-14-12-27-11-13-29-19-8-6-5-7-17(19)2/h5-10,15-16H,4,11-14H2,1-3H3/b22-16+. The highest BCUT2D eigenvalue weighted by Crippen LogP contribution is 2.34. The molecule has 170 valence electrons. The number of benzene rings is 2. The van der Waals surface area contributed by atoms with Crippen molar-refractivity contribution in [2.75, 3.05) is 40.1 Å². The summed E-state index contributed by atoms with van der Waals surface area (Å²) in [6.45, 7) is 6.21. The minimum absolute atomic E-state index is 0.0955. The first-order chi connectivity index (χ1) is 15.5. The van der Waals surface area contributed by atoms with Gasteiger partial charge in [0.15, 0.2) is 11.5 Å². The van der Waals surface area contributed by atoms with Gasteiger partial charge >= 0.3 is 0 Å². The number of ether oxygens (including phenoxy) is 4. The number of aryl methyl sites for hydroxylation is 1. The zero-order chi connectivity index (χ0) is 22.9. The highest BCUT2D eigenvalue weighted by atomic mass is 32.2. The molecule has 0 unspecified atom stereocenters. The van der Waals surface area contributed by atoms with E-state index >= 15 is 0 Å². The second-order valence-corrected chi connectivity index (χ2v) is 8.63. The summed E-state index contributed by atoms with van der Waals surface area (Å²) in [5, 5.41) is 0. The number of para-hydroxylation sites is 1. The van der Waals surface area contributed by atoms with Crippen LogP contribution in [0.2, 0.25) is 0 Å². The minimum atomic E-state index is -0.0955. The van der Waals surface area contributed by atoms with Crippen LogP contribution in [0.4, 0.5) is 0 Å². The molecule has 1 fully saturated rings. The first kappa shape index (κ1) is 24.1. The summed E-state index contributed by atoms with van der Waals surface area (Å²) in [6, 6.07) is 13.5. The number of carbonyl (C=O) groups is 1. The molecule has 0 N–H and O–H groups in total. The summed E-state index contributed by atoms with van der Waals surface area (Å²) >= 11 is 6.47. The first-order valence-electron chi connectivity index (χ1n) is 10.4. The van der Waals surface area contributed by atoms with Crippen LogP contribution in [-0.2, 0) is 9.53 Å². The zero-order valence-corrected chi connectivity index (χ0v) is 20.1. The quantitative estimate of drug-likeness (QED) is 0.266. The number of hydrogen-bond acceptors (Lipinski definition) is 7. The molecule has 0 bridgehead atoms. The van der Waals surface area contributed by atoms with Gasteiger partial charge in [-0.2, -0.15) is 0 Å². The van der Waals surface area contributed by atoms with Crippen LogP contribution in [0.15, 0.2) is 47.4 Å². The summed E-state index contributed by atoms with van der Waals surface area (Å²) in [5.74, 6) is 2.03. The zero-order valence-electron chi connectivity index (χ0n) is 18.5. The van der Waals surface area contributed by atoms with Crippen molar-refractivity contribution in [3.05, 3.63) is 58.5 Å². The van der Waals surface area contributed by atoms with Crippen LogP contribution in [0.5, 0.6) is 17.2 Å². The smallest absolute Gasteiger partial charge is 0.265 e. The first-order valence-corrected chi connectivity index (χ1v) is 11.6. The third-order valence-electron chi connectivity index (χ3n) is 4.62. The van der Waals surface area contributed by atoms with Crippen molar-refractivity contribution in [1.82, 2.24) is 4.90 Å². The molecule has 6 nitrogen and oxygen atoms in total. The molecule has 3 rings (SSSR count). The largest absolute Gasteiger partial charge is 0.491 e. The fourth-order valence-electron chi connectivity index (χ4n) is 2.94. The number of thioether (sulfide) groups is 1. The van der Waals surface area contributed by atoms with Gasteiger partial charge in [0.2, 0.25) is 0 Å². The lowest BCUT2D eigenvalue weighted by Gasteiger charge is -2.13. The molecule has 0 atom stereocenters. The minimum Gasteiger partial charge on any atom is -0.491 e. The average molecular weight is 474 g/mol. The maximum absolute atomic E-state index is 12.2. The van der Waals surface area contributed by atoms with Gasteiger partial charge in [-0.05, 0) is 49.2 Å². The number of rotatable bonds is 11. The number of likely N-dealkylation sites (N-methyl/N-ethyl adjacent to an activating group) is 1. The Balaban J connectivity index is 1.48. The highest BCUT2D eigenvalue weighted by Gasteiger charge is 2.28. The lowest BCUT2D eigenvalue weighted by atomic mass is 10.2. The maximum Gasteiger partial charge on any atom is 0.265 e. The summed E-state index contributed by atoms with van der Waals surface area (Å²) in [4.78, 5) is 14.3. The van der Waals surface area contributed by atoms with Crippen LogP contribution in [-0.4, -0.2) is 55.2 Å². The predicted octanol–water partition coefficient (Wildman–Crippen LogP) is 4.70. The fourth-order valence-corrected chi connectivity index (χ4v) is 4.12. The molecule has 0 aliphatic carbocycles. The van der Waals surface area contributed by atoms with Crippen LogP contribution < -0.4 is 14.2 Å². The van der Waals surface area contributed by atoms with Gasteiger partial charge in [0.1, 0.15) is 23.3 Å². The van der Waals surface area contributed by atoms with E-state index < -0.39 is 0 Å². The Morgan fingerprint density at radius 1 is 0.969 bits per heavy atom. The van der Waals surface area contributed by atoms with E-state index in [1.807, 2.05) is 62.4 Å². The van der Waals surface area contributed by atoms with Gasteiger partial charge in [0.25, 0.3) is 5.91 Å². The van der Waals surface area contributed by atoms with E-state index in [2.05, 4.69) is 0 Å². The number of nitrogens with zero attached hydrogens (tertiary/aromatic N) is 1. The van der Waals surface area contributed by atoms with E-state index in [0.717, 1.165) is 16.9 Å². The normalized spacial score (nSPS) is 14.8. The molecule has 0 saturated carbocycles. The maximum atomic E-state index is 12.2. The van der Waals surface area contributed by atoms with Crippen LogP contribution in [0.1, 0.15) is 18.1 Å². The summed E-state index contributed by atoms with van der Waals surface area (Å²) in [7, 11) is 1.68. The second-order valence-electron chi connectivity index (χ2n) is 6.95. The van der Waals surface area contributed by atoms with E-state index in [9.17, 15) is 4.79 Å². The number of hydrogen-bond donors (Lipinski definition) is 0. The van der Waals surface area contributed by atoms with Gasteiger partial charge in [-0.25, -0.2) is 0 Å². The van der Waals surface area contributed by atoms with Gasteiger partial charge in [-0.3, -0.25) is 9.69 Å². The van der Waals surface area contributed by atoms with Crippen molar-refractivity contribution < 1.29 is 23.7 Å². The average Bonchev–Trinajstić information content (AvgIpc) is 3.02. The summed E-state index contributed by atoms with van der Waals surface area (Å²) < 4.78 is 23.4. The predicted molar refractivity (Wildman–Crippen MR) is 132 cm³/mol. The summed E-state index contributed by atoms with van der Waals surface area (Å²) in [5.41, 5.74) is 1.95. The van der Waals surface area contributed by atoms with Crippen molar-refractivity contribution in [3.8, 4) is 17.2 Å². The van der Waals surface area contributed by atoms with Crippen LogP contribution in [0, 0.1) is 6.92 Å². The molecule has 0 radical (unpaired) electrons. The number of amides is 1. The SMILES string of the molecule is CCOc1cc(/C=C2/SC(=S)N(C)C2=O)ccc1OCCOCCOc1ccccc1C. The molecule has 1 saturated heterocycles. The van der Waals surface area contributed by atoms with Crippen molar-refractivity contribution in [2.24, 2.45) is 0 Å². The fraction of sp³-hybridized carbons (Fsp3) is 0.333.